The molecular formula is C84H150N2Ni. The summed E-state index contributed by atoms with van der Waals surface area (Å²) in [5.41, 5.74) is 22.0. The summed E-state index contributed by atoms with van der Waals surface area (Å²) in [5.74, 6) is 0. The van der Waals surface area contributed by atoms with E-state index in [1.54, 1.807) is 4.70 Å². The van der Waals surface area contributed by atoms with E-state index in [1.165, 1.54) is 380 Å². The summed E-state index contributed by atoms with van der Waals surface area (Å²) in [4.78, 5) is 0. The van der Waals surface area contributed by atoms with Crippen molar-refractivity contribution in [3.8, 4) is 0 Å². The zero-order chi connectivity index (χ0) is 62.4. The molecule has 1 aliphatic heterocycles. The van der Waals surface area contributed by atoms with Crippen molar-refractivity contribution in [1.82, 2.24) is 0 Å². The van der Waals surface area contributed by atoms with Gasteiger partial charge < -0.3 is 5.53 Å². The van der Waals surface area contributed by atoms with Crippen LogP contribution in [0.5, 0.6) is 0 Å². The van der Waals surface area contributed by atoms with Crippen molar-refractivity contribution in [3.05, 3.63) is 87.5 Å². The second-order valence-corrected chi connectivity index (χ2v) is 29.0. The zero-order valence-electron chi connectivity index (χ0n) is 59.7. The first-order valence-electron chi connectivity index (χ1n) is 39.6. The minimum Gasteiger partial charge on any atom is -0.0654 e. The number of aryl methyl sites for hydroxylation is 2. The number of rotatable bonds is 64. The molecule has 0 radical (unpaired) electrons. The van der Waals surface area contributed by atoms with Crippen molar-refractivity contribution in [2.24, 2.45) is 0 Å². The molecule has 0 N–H and O–H groups in total. The first-order chi connectivity index (χ1) is 43.1. The van der Waals surface area contributed by atoms with E-state index in [-0.39, 0.29) is 0 Å². The number of allylic oxidation sites excluding steroid dienone is 2. The van der Waals surface area contributed by atoms with Crippen LogP contribution in [0.25, 0.3) is 16.9 Å². The molecule has 0 aromatic heterocycles. The molecule has 3 heteroatoms. The van der Waals surface area contributed by atoms with Crippen LogP contribution in [-0.2, 0) is 27.3 Å². The molecule has 0 saturated heterocycles. The fourth-order valence-corrected chi connectivity index (χ4v) is 14.5. The summed E-state index contributed by atoms with van der Waals surface area (Å²) in [5, 5.41) is 2.87. The zero-order valence-corrected chi connectivity index (χ0v) is 60.7. The molecule has 0 bridgehead atoms. The van der Waals surface area contributed by atoms with Gasteiger partial charge in [0.05, 0.1) is 0 Å². The molecule has 0 aliphatic carbocycles. The Labute approximate surface area is 552 Å². The SMILES string of the molecule is CCCCCCCCCCCCCCCCCCCCCCCCCCC1=C(c2ccc(CCCCC)cc2)[N+](=[N-])C(c2ccc(CCCCC)cc2)=C1CCCC.CCCCCCCCCCCCC[CH2][Ni][CH2]CCCCCCCCCCCCC. The van der Waals surface area contributed by atoms with E-state index in [4.69, 9.17) is 0 Å². The Hall–Kier alpha value is -1.99. The van der Waals surface area contributed by atoms with Crippen LogP contribution in [0.4, 0.5) is 0 Å². The predicted molar refractivity (Wildman–Crippen MR) is 389 cm³/mol. The minimum atomic E-state index is 1.02. The van der Waals surface area contributed by atoms with E-state index in [2.05, 4.69) is 90.1 Å². The summed E-state index contributed by atoms with van der Waals surface area (Å²) >= 11 is 2.04. The van der Waals surface area contributed by atoms with E-state index in [0.29, 0.717) is 0 Å². The number of hydrogen-bond donors (Lipinski definition) is 0. The molecule has 0 amide bonds. The van der Waals surface area contributed by atoms with E-state index in [9.17, 15) is 5.53 Å². The van der Waals surface area contributed by atoms with Crippen LogP contribution >= 0.6 is 0 Å². The van der Waals surface area contributed by atoms with Crippen molar-refractivity contribution < 1.29 is 19.1 Å². The topological polar surface area (TPSA) is 25.3 Å². The molecule has 1 heterocycles. The molecule has 506 valence electrons. The van der Waals surface area contributed by atoms with Gasteiger partial charge in [0.25, 0.3) is 0 Å². The molecule has 2 aromatic rings. The maximum absolute atomic E-state index is 12.1. The summed E-state index contributed by atoms with van der Waals surface area (Å²) in [6.07, 6.45) is 83.5. The Morgan fingerprint density at radius 1 is 0.230 bits per heavy atom. The van der Waals surface area contributed by atoms with Gasteiger partial charge in [0.1, 0.15) is 0 Å². The Balaban J connectivity index is 0.000000749. The van der Waals surface area contributed by atoms with Gasteiger partial charge in [-0.15, -0.1) is 0 Å². The standard InChI is InChI=1S/C56H92N2.2C14H29.Ni/c1-5-9-13-14-15-16-17-18-19-20-21-22-23-24-25-26-27-28-29-30-31-32-33-36-40-54-53(39-12-8-4)55(51-45-41-49(42-46-51)37-34-10-6-2)58(57)56(54)52-47-43-50(44-48-52)38-35-11-7-3;2*1-3-5-7-9-11-13-14-12-10-8-6-4-2;/h41-48H,5-40H2,1-4H3;2*1,3-14H2,2H3;. The molecule has 2 nitrogen and oxygen atoms in total. The second-order valence-electron chi connectivity index (χ2n) is 27.5. The van der Waals surface area contributed by atoms with E-state index in [0.717, 1.165) is 61.0 Å². The van der Waals surface area contributed by atoms with Crippen molar-refractivity contribution in [1.29, 1.82) is 0 Å². The molecule has 2 aromatic carbocycles. The average Bonchev–Trinajstić information content (AvgIpc) is 1.67. The molecule has 87 heavy (non-hydrogen) atoms. The smallest absolute Gasteiger partial charge is 0.0654 e. The quantitative estimate of drug-likeness (QED) is 0.0358. The van der Waals surface area contributed by atoms with E-state index >= 15 is 0 Å². The monoisotopic (exact) mass is 1250 g/mol. The van der Waals surface area contributed by atoms with Gasteiger partial charge in [-0.25, -0.2) is 4.70 Å². The molecule has 0 spiro atoms. The van der Waals surface area contributed by atoms with Crippen molar-refractivity contribution in [2.45, 2.75) is 438 Å². The van der Waals surface area contributed by atoms with Gasteiger partial charge in [-0.05, 0) is 86.8 Å². The second kappa shape index (κ2) is 62.8. The summed E-state index contributed by atoms with van der Waals surface area (Å²) < 4.78 is 1.58. The first-order valence-corrected chi connectivity index (χ1v) is 41.0. The van der Waals surface area contributed by atoms with Gasteiger partial charge in [0, 0.05) is 22.3 Å². The molecule has 1 aliphatic rings. The third-order valence-corrected chi connectivity index (χ3v) is 20.6. The summed E-state index contributed by atoms with van der Waals surface area (Å²) in [6, 6.07) is 18.3. The molecule has 0 saturated carbocycles. The maximum atomic E-state index is 12.1. The Bertz CT molecular complexity index is 1810. The van der Waals surface area contributed by atoms with E-state index in [1.807, 2.05) is 14.4 Å². The van der Waals surface area contributed by atoms with Crippen LogP contribution in [0, 0.1) is 0 Å². The van der Waals surface area contributed by atoms with Crippen molar-refractivity contribution >= 4 is 11.4 Å². The molecule has 0 fully saturated rings. The third-order valence-electron chi connectivity index (χ3n) is 19.2. The van der Waals surface area contributed by atoms with Gasteiger partial charge >= 0.3 is 166 Å². The van der Waals surface area contributed by atoms with Crippen molar-refractivity contribution in [3.63, 3.8) is 0 Å². The van der Waals surface area contributed by atoms with Crippen LogP contribution in [-0.4, -0.2) is 4.70 Å². The number of nitrogens with zero attached hydrogens (tertiary/aromatic N) is 2. The Morgan fingerprint density at radius 2 is 0.425 bits per heavy atom. The average molecular weight is 1250 g/mol. The molecule has 0 unspecified atom stereocenters. The summed E-state index contributed by atoms with van der Waals surface area (Å²) in [7, 11) is 0. The fraction of sp³-hybridized carbons (Fsp3) is 0.810. The van der Waals surface area contributed by atoms with Gasteiger partial charge in [0.2, 0.25) is 11.4 Å². The van der Waals surface area contributed by atoms with Crippen LogP contribution in [0.1, 0.15) is 436 Å². The van der Waals surface area contributed by atoms with Crippen LogP contribution in [0.2, 0.25) is 10.8 Å². The van der Waals surface area contributed by atoms with Gasteiger partial charge in [-0.2, -0.15) is 0 Å². The van der Waals surface area contributed by atoms with Gasteiger partial charge in [-0.1, -0.05) is 258 Å². The number of hydrogen-bond acceptors (Lipinski definition) is 0. The Morgan fingerprint density at radius 3 is 0.678 bits per heavy atom. The normalized spacial score (nSPS) is 12.6. The van der Waals surface area contributed by atoms with Gasteiger partial charge in [0.15, 0.2) is 0 Å². The summed E-state index contributed by atoms with van der Waals surface area (Å²) in [6.45, 7) is 13.8. The minimum absolute atomic E-state index is 1.02. The van der Waals surface area contributed by atoms with Crippen LogP contribution in [0.15, 0.2) is 59.7 Å². The van der Waals surface area contributed by atoms with Crippen molar-refractivity contribution in [2.75, 3.05) is 0 Å². The fourth-order valence-electron chi connectivity index (χ4n) is 13.3. The number of benzene rings is 2. The molecular weight excluding hydrogens is 1100 g/mol. The predicted octanol–water partition coefficient (Wildman–Crippen LogP) is 30.6. The number of unbranched alkanes of at least 4 members (excludes halogenated alkanes) is 50. The van der Waals surface area contributed by atoms with Crippen LogP contribution < -0.4 is 0 Å². The molecule has 0 atom stereocenters. The van der Waals surface area contributed by atoms with Gasteiger partial charge in [-0.3, -0.25) is 0 Å². The third kappa shape index (κ3) is 45.0. The van der Waals surface area contributed by atoms with Crippen LogP contribution in [0.3, 0.4) is 0 Å². The van der Waals surface area contributed by atoms with E-state index < -0.39 is 0 Å². The molecule has 3 rings (SSSR count). The first kappa shape index (κ1) is 81.1. The Kier molecular flexibility index (Phi) is 58.5.